The Balaban J connectivity index is 1.74. The number of carbonyl (C=O) groups excluding carboxylic acids is 1. The summed E-state index contributed by atoms with van der Waals surface area (Å²) >= 11 is 2.85. The fourth-order valence-corrected chi connectivity index (χ4v) is 6.19. The van der Waals surface area contributed by atoms with Gasteiger partial charge in [0.05, 0.1) is 24.9 Å². The van der Waals surface area contributed by atoms with Crippen LogP contribution in [0.15, 0.2) is 28.2 Å². The number of hydrogen-bond donors (Lipinski definition) is 1. The summed E-state index contributed by atoms with van der Waals surface area (Å²) in [5.74, 6) is 0.879. The molecule has 7 nitrogen and oxygen atoms in total. The number of hydrogen-bond acceptors (Lipinski definition) is 7. The molecule has 1 atom stereocenters. The van der Waals surface area contributed by atoms with Crippen LogP contribution in [-0.4, -0.2) is 34.9 Å². The number of fused-ring (bicyclic) bond motifs is 3. The molecular formula is C23H27N3O4S2. The highest BCUT2D eigenvalue weighted by Gasteiger charge is 2.24. The molecule has 0 bridgehead atoms. The van der Waals surface area contributed by atoms with Gasteiger partial charge in [0.25, 0.3) is 5.56 Å². The molecule has 1 amide bonds. The molecule has 3 aromatic rings. The summed E-state index contributed by atoms with van der Waals surface area (Å²) in [4.78, 5) is 32.2. The molecule has 1 unspecified atom stereocenters. The lowest BCUT2D eigenvalue weighted by molar-refractivity contribution is -0.117. The number of benzene rings is 1. The summed E-state index contributed by atoms with van der Waals surface area (Å²) in [5, 5.41) is 0.794. The van der Waals surface area contributed by atoms with Crippen molar-refractivity contribution in [2.45, 2.75) is 56.0 Å². The number of aromatic nitrogens is 2. The van der Waals surface area contributed by atoms with Gasteiger partial charge in [-0.05, 0) is 62.3 Å². The number of ether oxygens (including phenoxy) is 2. The molecule has 32 heavy (non-hydrogen) atoms. The van der Waals surface area contributed by atoms with Crippen LogP contribution in [-0.2, 0) is 30.6 Å². The predicted octanol–water partition coefficient (Wildman–Crippen LogP) is 3.56. The van der Waals surface area contributed by atoms with Crippen molar-refractivity contribution in [3.8, 4) is 11.5 Å². The molecule has 170 valence electrons. The van der Waals surface area contributed by atoms with E-state index in [2.05, 4.69) is 0 Å². The van der Waals surface area contributed by atoms with Gasteiger partial charge in [-0.3, -0.25) is 14.2 Å². The van der Waals surface area contributed by atoms with Gasteiger partial charge in [0.15, 0.2) is 16.7 Å². The fraction of sp³-hybridized carbons (Fsp3) is 0.435. The van der Waals surface area contributed by atoms with Crippen LogP contribution in [0, 0.1) is 0 Å². The van der Waals surface area contributed by atoms with E-state index in [4.69, 9.17) is 20.2 Å². The Morgan fingerprint density at radius 3 is 2.72 bits per heavy atom. The first kappa shape index (κ1) is 22.7. The van der Waals surface area contributed by atoms with Gasteiger partial charge < -0.3 is 15.2 Å². The van der Waals surface area contributed by atoms with Crippen LogP contribution in [0.5, 0.6) is 11.5 Å². The lowest BCUT2D eigenvalue weighted by atomic mass is 9.97. The molecule has 2 N–H and O–H groups in total. The van der Waals surface area contributed by atoms with Gasteiger partial charge in [0.2, 0.25) is 5.91 Å². The summed E-state index contributed by atoms with van der Waals surface area (Å²) in [6, 6.07) is 5.74. The van der Waals surface area contributed by atoms with Crippen LogP contribution in [0.25, 0.3) is 10.2 Å². The second-order valence-corrected chi connectivity index (χ2v) is 10.2. The molecule has 1 aliphatic carbocycles. The molecule has 0 spiro atoms. The Labute approximate surface area is 194 Å². The largest absolute Gasteiger partial charge is 0.493 e. The smallest absolute Gasteiger partial charge is 0.263 e. The Morgan fingerprint density at radius 1 is 1.25 bits per heavy atom. The average Bonchev–Trinajstić information content (AvgIpc) is 3.16. The first-order valence-corrected chi connectivity index (χ1v) is 12.3. The van der Waals surface area contributed by atoms with Crippen LogP contribution in [0.3, 0.4) is 0 Å². The maximum atomic E-state index is 13.6. The summed E-state index contributed by atoms with van der Waals surface area (Å²) in [6.07, 6.45) is 4.78. The van der Waals surface area contributed by atoms with Gasteiger partial charge in [-0.15, -0.1) is 11.3 Å². The van der Waals surface area contributed by atoms with E-state index in [9.17, 15) is 9.59 Å². The molecule has 0 aliphatic heterocycles. The fourth-order valence-electron chi connectivity index (χ4n) is 4.00. The Bertz CT molecular complexity index is 1220. The number of carbonyl (C=O) groups is 1. The molecule has 0 saturated carbocycles. The molecule has 2 heterocycles. The van der Waals surface area contributed by atoms with Gasteiger partial charge in [0, 0.05) is 11.4 Å². The quantitative estimate of drug-likeness (QED) is 0.397. The first-order valence-electron chi connectivity index (χ1n) is 10.6. The van der Waals surface area contributed by atoms with Crippen molar-refractivity contribution in [3.05, 3.63) is 44.6 Å². The van der Waals surface area contributed by atoms with Crippen LogP contribution in [0.1, 0.15) is 35.8 Å². The van der Waals surface area contributed by atoms with Crippen LogP contribution >= 0.6 is 23.1 Å². The third-order valence-corrected chi connectivity index (χ3v) is 8.09. The highest BCUT2D eigenvalue weighted by molar-refractivity contribution is 8.00. The van der Waals surface area contributed by atoms with E-state index in [1.165, 1.54) is 16.6 Å². The third kappa shape index (κ3) is 4.36. The second kappa shape index (κ2) is 9.54. The normalized spacial score (nSPS) is 14.2. The van der Waals surface area contributed by atoms with Crippen molar-refractivity contribution >= 4 is 39.2 Å². The first-order chi connectivity index (χ1) is 15.4. The minimum atomic E-state index is -0.485. The zero-order valence-corrected chi connectivity index (χ0v) is 20.1. The van der Waals surface area contributed by atoms with Gasteiger partial charge in [-0.1, -0.05) is 17.8 Å². The number of nitrogens with two attached hydrogens (primary N) is 1. The molecule has 0 fully saturated rings. The summed E-state index contributed by atoms with van der Waals surface area (Å²) in [7, 11) is 3.20. The molecular weight excluding hydrogens is 446 g/mol. The van der Waals surface area contributed by atoms with Gasteiger partial charge >= 0.3 is 0 Å². The summed E-state index contributed by atoms with van der Waals surface area (Å²) < 4.78 is 12.4. The number of thioether (sulfide) groups is 1. The minimum Gasteiger partial charge on any atom is -0.493 e. The summed E-state index contributed by atoms with van der Waals surface area (Å²) in [5.41, 5.74) is 7.63. The average molecular weight is 474 g/mol. The van der Waals surface area contributed by atoms with Crippen molar-refractivity contribution in [2.75, 3.05) is 14.2 Å². The number of thiophene rings is 1. The highest BCUT2D eigenvalue weighted by atomic mass is 32.2. The number of rotatable bonds is 8. The number of amides is 1. The standard InChI is InChI=1S/C23H27N3O4S2/c1-13(20(24)27)31-23-25-21-19(15-6-4-5-7-18(15)32-21)22(28)26(23)11-10-14-8-9-16(29-2)17(12-14)30-3/h8-9,12-13H,4-7,10-11H2,1-3H3,(H2,24,27). The predicted molar refractivity (Wildman–Crippen MR) is 128 cm³/mol. The van der Waals surface area contributed by atoms with Crippen LogP contribution in [0.2, 0.25) is 0 Å². The van der Waals surface area contributed by atoms with Crippen molar-refractivity contribution in [1.29, 1.82) is 0 Å². The van der Waals surface area contributed by atoms with Crippen molar-refractivity contribution in [1.82, 2.24) is 9.55 Å². The van der Waals surface area contributed by atoms with Crippen molar-refractivity contribution in [2.24, 2.45) is 5.73 Å². The number of methoxy groups -OCH3 is 2. The molecule has 4 rings (SSSR count). The monoisotopic (exact) mass is 473 g/mol. The SMILES string of the molecule is COc1ccc(CCn2c(SC(C)C(N)=O)nc3sc4c(c3c2=O)CCCC4)cc1OC. The zero-order chi connectivity index (χ0) is 22.8. The van der Waals surface area contributed by atoms with Gasteiger partial charge in [-0.2, -0.15) is 0 Å². The minimum absolute atomic E-state index is 0.0333. The van der Waals surface area contributed by atoms with Gasteiger partial charge in [-0.25, -0.2) is 4.98 Å². The maximum Gasteiger partial charge on any atom is 0.263 e. The van der Waals surface area contributed by atoms with Crippen molar-refractivity contribution in [3.63, 3.8) is 0 Å². The molecule has 0 radical (unpaired) electrons. The molecule has 2 aromatic heterocycles. The van der Waals surface area contributed by atoms with E-state index in [1.807, 2.05) is 18.2 Å². The Kier molecular flexibility index (Phi) is 6.76. The Hall–Kier alpha value is -2.52. The maximum absolute atomic E-state index is 13.6. The Morgan fingerprint density at radius 2 is 2.00 bits per heavy atom. The lowest BCUT2D eigenvalue weighted by Crippen LogP contribution is -2.28. The van der Waals surface area contributed by atoms with E-state index >= 15 is 0 Å². The third-order valence-electron chi connectivity index (χ3n) is 5.79. The van der Waals surface area contributed by atoms with E-state index < -0.39 is 11.2 Å². The van der Waals surface area contributed by atoms with E-state index in [1.54, 1.807) is 37.0 Å². The molecule has 1 aliphatic rings. The number of nitrogens with zero attached hydrogens (tertiary/aromatic N) is 2. The highest BCUT2D eigenvalue weighted by Crippen LogP contribution is 2.35. The second-order valence-electron chi connectivity index (χ2n) is 7.84. The molecule has 0 saturated heterocycles. The number of aryl methyl sites for hydroxylation is 3. The van der Waals surface area contributed by atoms with Crippen LogP contribution in [0.4, 0.5) is 0 Å². The number of primary amides is 1. The zero-order valence-electron chi connectivity index (χ0n) is 18.5. The van der Waals surface area contributed by atoms with Gasteiger partial charge in [0.1, 0.15) is 4.83 Å². The molecule has 9 heteroatoms. The van der Waals surface area contributed by atoms with E-state index in [-0.39, 0.29) is 5.56 Å². The van der Waals surface area contributed by atoms with Crippen molar-refractivity contribution < 1.29 is 14.3 Å². The van der Waals surface area contributed by atoms with Crippen LogP contribution < -0.4 is 20.8 Å². The van der Waals surface area contributed by atoms with E-state index in [0.29, 0.717) is 29.6 Å². The topological polar surface area (TPSA) is 96.4 Å². The molecule has 1 aromatic carbocycles. The van der Waals surface area contributed by atoms with E-state index in [0.717, 1.165) is 47.0 Å². The summed E-state index contributed by atoms with van der Waals surface area (Å²) in [6.45, 7) is 2.18. The lowest BCUT2D eigenvalue weighted by Gasteiger charge is -2.15.